The molecule has 3 aliphatic rings. The smallest absolute Gasteiger partial charge is 0.158 e. The minimum Gasteiger partial charge on any atom is -0.378 e. The summed E-state index contributed by atoms with van der Waals surface area (Å²) in [6, 6.07) is 0. The van der Waals surface area contributed by atoms with E-state index in [0.29, 0.717) is 6.61 Å². The van der Waals surface area contributed by atoms with Gasteiger partial charge in [-0.25, -0.2) is 0 Å². The standard InChI is InChI=1S/C35H69N3O6/c1-30(2)19-16-26(23-33(7,8)36(30)39)42-22-14-13-15-29(43-27-17-20-31(3,4)37(40)34(9,10)24-27)44-28-18-21-32(5,6)38(41)35(11,12)25-28/h26-29,39-41H,13-25H2,1-12H3/p+3. The second-order valence-corrected chi connectivity index (χ2v) is 18.0. The highest BCUT2D eigenvalue weighted by Gasteiger charge is 2.49. The van der Waals surface area contributed by atoms with Crippen molar-refractivity contribution < 1.29 is 29.8 Å². The van der Waals surface area contributed by atoms with Gasteiger partial charge < -0.3 is 29.8 Å². The highest BCUT2D eigenvalue weighted by Crippen LogP contribution is 2.40. The second kappa shape index (κ2) is 14.0. The molecular formula is C35H72N3O6+3. The predicted molar refractivity (Wildman–Crippen MR) is 180 cm³/mol. The van der Waals surface area contributed by atoms with Crippen molar-refractivity contribution in [2.75, 3.05) is 6.61 Å². The maximum Gasteiger partial charge on any atom is 0.158 e. The van der Waals surface area contributed by atoms with Crippen molar-refractivity contribution in [2.24, 2.45) is 0 Å². The Morgan fingerprint density at radius 1 is 0.523 bits per heavy atom. The number of ether oxygens (including phenoxy) is 3. The molecule has 0 radical (unpaired) electrons. The van der Waals surface area contributed by atoms with E-state index in [1.165, 1.54) is 0 Å². The molecule has 9 nitrogen and oxygen atoms in total. The van der Waals surface area contributed by atoms with Crippen molar-refractivity contribution in [1.82, 2.24) is 15.2 Å². The zero-order valence-electron chi connectivity index (χ0n) is 30.6. The molecule has 0 spiro atoms. The van der Waals surface area contributed by atoms with E-state index in [9.17, 15) is 0 Å². The molecule has 6 N–H and O–H groups in total. The third-order valence-electron chi connectivity index (χ3n) is 10.9. The van der Waals surface area contributed by atoms with Crippen molar-refractivity contribution in [3.63, 3.8) is 0 Å². The first-order chi connectivity index (χ1) is 20.0. The third kappa shape index (κ3) is 9.60. The Morgan fingerprint density at radius 3 is 1.25 bits per heavy atom. The maximum absolute atomic E-state index is 8.83. The number of hydroxylamine groups is 6. The first-order valence-electron chi connectivity index (χ1n) is 17.5. The molecule has 3 aliphatic heterocycles. The molecule has 0 amide bonds. The van der Waals surface area contributed by atoms with E-state index < -0.39 is 0 Å². The molecule has 3 unspecified atom stereocenters. The van der Waals surface area contributed by atoms with Gasteiger partial charge in [0.15, 0.2) is 6.29 Å². The second-order valence-electron chi connectivity index (χ2n) is 18.0. The lowest BCUT2D eigenvalue weighted by molar-refractivity contribution is -0.237. The molecule has 3 atom stereocenters. The molecule has 0 aromatic heterocycles. The van der Waals surface area contributed by atoms with Gasteiger partial charge in [0.05, 0.1) is 51.5 Å². The molecule has 3 saturated heterocycles. The molecule has 44 heavy (non-hydrogen) atoms. The molecule has 3 heterocycles. The fourth-order valence-corrected chi connectivity index (χ4v) is 8.22. The highest BCUT2D eigenvalue weighted by molar-refractivity contribution is 4.96. The topological polar surface area (TPSA) is 106 Å². The summed E-state index contributed by atoms with van der Waals surface area (Å²) < 4.78 is 20.1. The Balaban J connectivity index is 1.64. The zero-order valence-corrected chi connectivity index (χ0v) is 30.6. The van der Waals surface area contributed by atoms with E-state index in [1.807, 2.05) is 0 Å². The molecular weight excluding hydrogens is 558 g/mol. The number of unbranched alkanes of at least 4 members (excludes halogenated alkanes) is 1. The summed E-state index contributed by atoms with van der Waals surface area (Å²) in [5, 5.41) is 31.7. The molecule has 260 valence electrons. The van der Waals surface area contributed by atoms with Crippen LogP contribution in [0.1, 0.15) is 160 Å². The van der Waals surface area contributed by atoms with Crippen LogP contribution in [0.15, 0.2) is 0 Å². The van der Waals surface area contributed by atoms with Gasteiger partial charge in [-0.15, -0.1) is 0 Å². The number of rotatable bonds is 10. The van der Waals surface area contributed by atoms with Gasteiger partial charge in [0, 0.05) is 6.61 Å². The summed E-state index contributed by atoms with van der Waals surface area (Å²) >= 11 is 0. The SMILES string of the molecule is CC1(C)CCC(OCCCCC(OC2CCC(C)(C)N([OH2+])C(C)(C)C2)OC2CCC(C)(C)N([OH2+])C(C)(C)C2)CC(C)(C)N1[OH2+]. The van der Waals surface area contributed by atoms with Crippen LogP contribution < -0.4 is 0 Å². The summed E-state index contributed by atoms with van der Waals surface area (Å²) in [6.45, 7) is 26.7. The average Bonchev–Trinajstić information content (AvgIpc) is 3.07. The lowest BCUT2D eigenvalue weighted by atomic mass is 9.95. The highest BCUT2D eigenvalue weighted by atomic mass is 16.7. The van der Waals surface area contributed by atoms with E-state index >= 15 is 0 Å². The van der Waals surface area contributed by atoms with Gasteiger partial charge >= 0.3 is 0 Å². The summed E-state index contributed by atoms with van der Waals surface area (Å²) in [5.74, 6) is 0. The Hall–Kier alpha value is -0.360. The molecule has 0 aromatic rings. The van der Waals surface area contributed by atoms with Gasteiger partial charge in [-0.1, -0.05) is 15.2 Å². The largest absolute Gasteiger partial charge is 0.378 e. The summed E-state index contributed by atoms with van der Waals surface area (Å²) in [7, 11) is 0. The fraction of sp³-hybridized carbons (Fsp3) is 1.00. The zero-order chi connectivity index (χ0) is 33.4. The van der Waals surface area contributed by atoms with E-state index in [0.717, 1.165) is 77.0 Å². The lowest BCUT2D eigenvalue weighted by Gasteiger charge is -2.38. The van der Waals surface area contributed by atoms with Gasteiger partial charge in [-0.05, 0) is 160 Å². The van der Waals surface area contributed by atoms with E-state index in [1.54, 1.807) is 15.2 Å². The Labute approximate surface area is 269 Å². The molecule has 9 heteroatoms. The van der Waals surface area contributed by atoms with Gasteiger partial charge in [0.2, 0.25) is 0 Å². The van der Waals surface area contributed by atoms with Crippen LogP contribution in [0.2, 0.25) is 0 Å². The van der Waals surface area contributed by atoms with Gasteiger partial charge in [0.1, 0.15) is 0 Å². The van der Waals surface area contributed by atoms with Crippen LogP contribution in [-0.2, 0) is 14.2 Å². The molecule has 0 saturated carbocycles. The first kappa shape index (κ1) is 38.1. The van der Waals surface area contributed by atoms with Crippen LogP contribution in [-0.4, -0.2) is 95.3 Å². The van der Waals surface area contributed by atoms with Crippen LogP contribution in [0.3, 0.4) is 0 Å². The molecule has 3 fully saturated rings. The quantitative estimate of drug-likeness (QED) is 0.175. The number of hydrogen-bond donors (Lipinski definition) is 0. The van der Waals surface area contributed by atoms with E-state index in [4.69, 9.17) is 29.8 Å². The minimum atomic E-state index is -0.313. The Morgan fingerprint density at radius 2 is 0.864 bits per heavy atom. The Bertz CT molecular complexity index is 874. The number of hydrogen-bond acceptors (Lipinski definition) is 6. The molecule has 3 rings (SSSR count). The minimum absolute atomic E-state index is 0.0353. The van der Waals surface area contributed by atoms with Crippen LogP contribution in [0.5, 0.6) is 0 Å². The van der Waals surface area contributed by atoms with Gasteiger partial charge in [-0.2, -0.15) is 0 Å². The monoisotopic (exact) mass is 631 g/mol. The molecule has 0 bridgehead atoms. The molecule has 0 aromatic carbocycles. The van der Waals surface area contributed by atoms with Crippen molar-refractivity contribution in [3.05, 3.63) is 0 Å². The van der Waals surface area contributed by atoms with E-state index in [-0.39, 0.29) is 57.8 Å². The van der Waals surface area contributed by atoms with Crippen LogP contribution >= 0.6 is 0 Å². The van der Waals surface area contributed by atoms with Crippen LogP contribution in [0, 0.1) is 0 Å². The number of nitrogens with zero attached hydrogens (tertiary/aromatic N) is 3. The van der Waals surface area contributed by atoms with Crippen molar-refractivity contribution >= 4 is 0 Å². The van der Waals surface area contributed by atoms with Crippen molar-refractivity contribution in [2.45, 2.75) is 218 Å². The fourth-order valence-electron chi connectivity index (χ4n) is 8.22. The van der Waals surface area contributed by atoms with Crippen molar-refractivity contribution in [3.8, 4) is 0 Å². The van der Waals surface area contributed by atoms with Gasteiger partial charge in [-0.3, -0.25) is 0 Å². The van der Waals surface area contributed by atoms with Crippen LogP contribution in [0.25, 0.3) is 0 Å². The first-order valence-corrected chi connectivity index (χ1v) is 17.5. The third-order valence-corrected chi connectivity index (χ3v) is 10.9. The predicted octanol–water partition coefficient (Wildman–Crippen LogP) is 5.69. The normalized spacial score (nSPS) is 33.2. The van der Waals surface area contributed by atoms with Gasteiger partial charge in [0.25, 0.3) is 0 Å². The van der Waals surface area contributed by atoms with Crippen LogP contribution in [0.4, 0.5) is 0 Å². The average molecular weight is 631 g/mol. The summed E-state index contributed by atoms with van der Waals surface area (Å²) in [6.07, 6.45) is 10.7. The summed E-state index contributed by atoms with van der Waals surface area (Å²) in [5.41, 5.74) is -1.37. The summed E-state index contributed by atoms with van der Waals surface area (Å²) in [4.78, 5) is 0. The lowest BCUT2D eigenvalue weighted by Crippen LogP contribution is -2.52. The maximum atomic E-state index is 8.83. The van der Waals surface area contributed by atoms with E-state index in [2.05, 4.69) is 83.1 Å². The van der Waals surface area contributed by atoms with Crippen molar-refractivity contribution in [1.29, 1.82) is 0 Å². The molecule has 0 aliphatic carbocycles. The Kier molecular flexibility index (Phi) is 12.1.